The van der Waals surface area contributed by atoms with E-state index in [4.69, 9.17) is 5.26 Å². The van der Waals surface area contributed by atoms with Gasteiger partial charge < -0.3 is 0 Å². The molecule has 0 unspecified atom stereocenters. The van der Waals surface area contributed by atoms with E-state index >= 15 is 0 Å². The number of nitrogens with zero attached hydrogens (tertiary/aromatic N) is 2. The van der Waals surface area contributed by atoms with Crippen LogP contribution < -0.4 is 0 Å². The van der Waals surface area contributed by atoms with Crippen molar-refractivity contribution in [2.45, 2.75) is 84.0 Å². The van der Waals surface area contributed by atoms with Crippen LogP contribution >= 0.6 is 0 Å². The first-order valence-electron chi connectivity index (χ1n) is 11.7. The van der Waals surface area contributed by atoms with Crippen molar-refractivity contribution < 1.29 is 0 Å². The number of nitriles is 1. The van der Waals surface area contributed by atoms with Crippen molar-refractivity contribution in [1.29, 1.82) is 5.26 Å². The Labute approximate surface area is 177 Å². The smallest absolute Gasteiger partial charge is 0.101 e. The third-order valence-electron chi connectivity index (χ3n) is 6.67. The maximum absolute atomic E-state index is 8.89. The van der Waals surface area contributed by atoms with E-state index in [2.05, 4.69) is 42.2 Å². The summed E-state index contributed by atoms with van der Waals surface area (Å²) in [6.45, 7) is 2.29. The molecule has 0 spiro atoms. The van der Waals surface area contributed by atoms with Crippen LogP contribution in [0.2, 0.25) is 0 Å². The molecule has 1 aromatic carbocycles. The van der Waals surface area contributed by atoms with E-state index in [1.54, 1.807) is 6.20 Å². The molecule has 1 aliphatic carbocycles. The molecule has 0 atom stereocenters. The fourth-order valence-corrected chi connectivity index (χ4v) is 4.69. The summed E-state index contributed by atoms with van der Waals surface area (Å²) in [5.41, 5.74) is 4.10. The molecule has 0 aliphatic heterocycles. The van der Waals surface area contributed by atoms with Crippen LogP contribution in [-0.2, 0) is 6.42 Å². The van der Waals surface area contributed by atoms with Gasteiger partial charge in [-0.1, -0.05) is 95.4 Å². The molecule has 2 aromatic rings. The lowest BCUT2D eigenvalue weighted by Gasteiger charge is -2.28. The molecule has 1 heterocycles. The number of aryl methyl sites for hydroxylation is 1. The Bertz CT molecular complexity index is 747. The van der Waals surface area contributed by atoms with Gasteiger partial charge in [0.05, 0.1) is 11.3 Å². The molecule has 29 heavy (non-hydrogen) atoms. The van der Waals surface area contributed by atoms with Crippen LogP contribution in [0.1, 0.15) is 88.7 Å². The van der Waals surface area contributed by atoms with Gasteiger partial charge >= 0.3 is 0 Å². The summed E-state index contributed by atoms with van der Waals surface area (Å²) in [6.07, 6.45) is 18.5. The first-order chi connectivity index (χ1) is 14.3. The van der Waals surface area contributed by atoms with Crippen LogP contribution in [0.25, 0.3) is 11.3 Å². The Morgan fingerprint density at radius 2 is 1.55 bits per heavy atom. The third kappa shape index (κ3) is 7.00. The molecule has 1 aliphatic rings. The second-order valence-corrected chi connectivity index (χ2v) is 8.87. The fourth-order valence-electron chi connectivity index (χ4n) is 4.69. The Hall–Kier alpha value is -2.14. The van der Waals surface area contributed by atoms with E-state index < -0.39 is 0 Å². The minimum absolute atomic E-state index is 0.608. The van der Waals surface area contributed by atoms with Gasteiger partial charge in [0.15, 0.2) is 0 Å². The Morgan fingerprint density at radius 1 is 0.862 bits per heavy atom. The highest BCUT2D eigenvalue weighted by Gasteiger charge is 2.20. The summed E-state index contributed by atoms with van der Waals surface area (Å²) >= 11 is 0. The molecule has 3 rings (SSSR count). The Kier molecular flexibility index (Phi) is 8.75. The van der Waals surface area contributed by atoms with Crippen molar-refractivity contribution in [3.8, 4) is 17.3 Å². The van der Waals surface area contributed by atoms with E-state index in [1.165, 1.54) is 82.6 Å². The molecule has 1 saturated carbocycles. The SMILES string of the molecule is CCCCCCC[C@H]1CC[C@H](CCc2ccc(-c3ccc(C#N)cn3)cc2)CC1. The zero-order valence-corrected chi connectivity index (χ0v) is 18.1. The van der Waals surface area contributed by atoms with E-state index in [1.807, 2.05) is 12.1 Å². The zero-order chi connectivity index (χ0) is 20.3. The fraction of sp³-hybridized carbons (Fsp3) is 0.556. The number of aromatic nitrogens is 1. The number of rotatable bonds is 10. The molecule has 1 aromatic heterocycles. The molecule has 0 amide bonds. The summed E-state index contributed by atoms with van der Waals surface area (Å²) in [5.74, 6) is 1.93. The average molecular weight is 389 g/mol. The van der Waals surface area contributed by atoms with Crippen LogP contribution in [0, 0.1) is 23.2 Å². The van der Waals surface area contributed by atoms with Crippen molar-refractivity contribution in [1.82, 2.24) is 4.98 Å². The molecule has 0 radical (unpaired) electrons. The molecule has 0 saturated heterocycles. The first-order valence-corrected chi connectivity index (χ1v) is 11.7. The molecular weight excluding hydrogens is 352 g/mol. The Morgan fingerprint density at radius 3 is 2.17 bits per heavy atom. The van der Waals surface area contributed by atoms with Crippen molar-refractivity contribution >= 4 is 0 Å². The number of hydrogen-bond acceptors (Lipinski definition) is 2. The van der Waals surface area contributed by atoms with Gasteiger partial charge in [-0.2, -0.15) is 5.26 Å². The second-order valence-electron chi connectivity index (χ2n) is 8.87. The lowest BCUT2D eigenvalue weighted by Crippen LogP contribution is -2.15. The van der Waals surface area contributed by atoms with Crippen LogP contribution in [0.5, 0.6) is 0 Å². The largest absolute Gasteiger partial charge is 0.255 e. The van der Waals surface area contributed by atoms with Gasteiger partial charge in [-0.15, -0.1) is 0 Å². The van der Waals surface area contributed by atoms with Gasteiger partial charge in [-0.3, -0.25) is 4.98 Å². The third-order valence-corrected chi connectivity index (χ3v) is 6.67. The van der Waals surface area contributed by atoms with Gasteiger partial charge in [-0.25, -0.2) is 0 Å². The zero-order valence-electron chi connectivity index (χ0n) is 18.1. The van der Waals surface area contributed by atoms with Crippen molar-refractivity contribution in [2.24, 2.45) is 11.8 Å². The molecule has 2 nitrogen and oxygen atoms in total. The van der Waals surface area contributed by atoms with Crippen LogP contribution in [0.15, 0.2) is 42.6 Å². The van der Waals surface area contributed by atoms with Gasteiger partial charge in [0, 0.05) is 11.8 Å². The highest BCUT2D eigenvalue weighted by atomic mass is 14.7. The normalized spacial score (nSPS) is 19.0. The number of pyridine rings is 1. The minimum atomic E-state index is 0.608. The molecule has 2 heteroatoms. The van der Waals surface area contributed by atoms with Gasteiger partial charge in [0.25, 0.3) is 0 Å². The number of hydrogen-bond donors (Lipinski definition) is 0. The predicted octanol–water partition coefficient (Wildman–Crippen LogP) is 7.72. The molecule has 1 fully saturated rings. The van der Waals surface area contributed by atoms with Crippen molar-refractivity contribution in [2.75, 3.05) is 0 Å². The standard InChI is InChI=1S/C27H36N2/c1-2-3-4-5-6-7-22-8-10-23(11-9-22)12-13-24-14-17-26(18-15-24)27-19-16-25(20-28)21-29-27/h14-19,21-23H,2-13H2,1H3/t22-,23-. The van der Waals surface area contributed by atoms with E-state index in [-0.39, 0.29) is 0 Å². The summed E-state index contributed by atoms with van der Waals surface area (Å²) in [7, 11) is 0. The van der Waals surface area contributed by atoms with Gasteiger partial charge in [0.2, 0.25) is 0 Å². The van der Waals surface area contributed by atoms with Crippen LogP contribution in [0.3, 0.4) is 0 Å². The summed E-state index contributed by atoms with van der Waals surface area (Å²) < 4.78 is 0. The van der Waals surface area contributed by atoms with Crippen molar-refractivity contribution in [3.63, 3.8) is 0 Å². The number of benzene rings is 1. The monoisotopic (exact) mass is 388 g/mol. The maximum Gasteiger partial charge on any atom is 0.101 e. The van der Waals surface area contributed by atoms with E-state index in [0.717, 1.165) is 23.1 Å². The van der Waals surface area contributed by atoms with Crippen LogP contribution in [0.4, 0.5) is 0 Å². The summed E-state index contributed by atoms with van der Waals surface area (Å²) in [6, 6.07) is 14.7. The minimum Gasteiger partial charge on any atom is -0.255 e. The van der Waals surface area contributed by atoms with E-state index in [9.17, 15) is 0 Å². The van der Waals surface area contributed by atoms with Crippen LogP contribution in [-0.4, -0.2) is 4.98 Å². The Balaban J connectivity index is 1.37. The highest BCUT2D eigenvalue weighted by molar-refractivity contribution is 5.59. The molecule has 0 N–H and O–H groups in total. The quantitative estimate of drug-likeness (QED) is 0.391. The molecule has 0 bridgehead atoms. The van der Waals surface area contributed by atoms with E-state index in [0.29, 0.717) is 5.56 Å². The lowest BCUT2D eigenvalue weighted by molar-refractivity contribution is 0.248. The summed E-state index contributed by atoms with van der Waals surface area (Å²) in [5, 5.41) is 8.89. The molecule has 154 valence electrons. The van der Waals surface area contributed by atoms with Gasteiger partial charge in [0.1, 0.15) is 6.07 Å². The maximum atomic E-state index is 8.89. The second kappa shape index (κ2) is 11.8. The van der Waals surface area contributed by atoms with Gasteiger partial charge in [-0.05, 0) is 42.4 Å². The predicted molar refractivity (Wildman–Crippen MR) is 122 cm³/mol. The number of unbranched alkanes of at least 4 members (excludes halogenated alkanes) is 4. The lowest BCUT2D eigenvalue weighted by atomic mass is 9.77. The molecular formula is C27H36N2. The topological polar surface area (TPSA) is 36.7 Å². The van der Waals surface area contributed by atoms with Crippen molar-refractivity contribution in [3.05, 3.63) is 53.7 Å². The average Bonchev–Trinajstić information content (AvgIpc) is 2.79. The summed E-state index contributed by atoms with van der Waals surface area (Å²) in [4.78, 5) is 4.39. The first kappa shape index (κ1) is 21.6. The highest BCUT2D eigenvalue weighted by Crippen LogP contribution is 2.34.